The zero-order chi connectivity index (χ0) is 10.3. The highest BCUT2D eigenvalue weighted by molar-refractivity contribution is 9.10. The predicted molar refractivity (Wildman–Crippen MR) is 55.7 cm³/mol. The van der Waals surface area contributed by atoms with Crippen molar-refractivity contribution in [1.82, 2.24) is 15.0 Å². The van der Waals surface area contributed by atoms with E-state index in [9.17, 15) is 9.59 Å². The van der Waals surface area contributed by atoms with Gasteiger partial charge in [-0.15, -0.1) is 0 Å². The van der Waals surface area contributed by atoms with Gasteiger partial charge in [-0.25, -0.2) is 4.98 Å². The first-order chi connectivity index (χ1) is 6.59. The number of pyridine rings is 1. The molecule has 2 aromatic rings. The third-order valence-corrected chi connectivity index (χ3v) is 2.99. The zero-order valence-corrected chi connectivity index (χ0v) is 8.94. The normalized spacial score (nSPS) is 10.7. The molecule has 2 heterocycles. The maximum atomic E-state index is 11.0. The third kappa shape index (κ3) is 1.36. The van der Waals surface area contributed by atoms with Gasteiger partial charge in [0.1, 0.15) is 5.52 Å². The van der Waals surface area contributed by atoms with E-state index >= 15 is 0 Å². The van der Waals surface area contributed by atoms with Crippen molar-refractivity contribution < 1.29 is 0 Å². The molecule has 0 radical (unpaired) electrons. The maximum absolute atomic E-state index is 11.0. The van der Waals surface area contributed by atoms with Gasteiger partial charge in [0.15, 0.2) is 5.65 Å². The highest BCUT2D eigenvalue weighted by Gasteiger charge is 2.07. The number of fused-ring (bicyclic) bond motifs is 1. The number of H-pyrrole nitrogens is 2. The van der Waals surface area contributed by atoms with E-state index in [-0.39, 0.29) is 5.65 Å². The zero-order valence-electron chi connectivity index (χ0n) is 6.60. The minimum atomic E-state index is -0.737. The van der Waals surface area contributed by atoms with E-state index in [1.165, 1.54) is 6.20 Å². The second kappa shape index (κ2) is 3.21. The smallest absolute Gasteiger partial charge is 0.314 e. The van der Waals surface area contributed by atoms with E-state index in [4.69, 9.17) is 11.6 Å². The van der Waals surface area contributed by atoms with E-state index in [1.54, 1.807) is 0 Å². The fourth-order valence-corrected chi connectivity index (χ4v) is 1.54. The number of aromatic nitrogens is 3. The Morgan fingerprint density at radius 1 is 1.29 bits per heavy atom. The average molecular weight is 276 g/mol. The Morgan fingerprint density at radius 2 is 1.93 bits per heavy atom. The average Bonchev–Trinajstić information content (AvgIpc) is 2.15. The molecule has 0 amide bonds. The van der Waals surface area contributed by atoms with Crippen LogP contribution in [0.3, 0.4) is 0 Å². The quantitative estimate of drug-likeness (QED) is 0.705. The summed E-state index contributed by atoms with van der Waals surface area (Å²) in [5.41, 5.74) is -0.811. The van der Waals surface area contributed by atoms with Crippen LogP contribution in [0, 0.1) is 0 Å². The minimum absolute atomic E-state index is 0.283. The van der Waals surface area contributed by atoms with E-state index < -0.39 is 11.1 Å². The lowest BCUT2D eigenvalue weighted by Gasteiger charge is -1.99. The summed E-state index contributed by atoms with van der Waals surface area (Å²) in [7, 11) is 0. The lowest BCUT2D eigenvalue weighted by molar-refractivity contribution is 1.11. The molecule has 5 nitrogen and oxygen atoms in total. The predicted octanol–water partition coefficient (Wildman–Crippen LogP) is 1.03. The lowest BCUT2D eigenvalue weighted by atomic mass is 10.4. The first-order valence-corrected chi connectivity index (χ1v) is 4.73. The number of halogens is 2. The van der Waals surface area contributed by atoms with Crippen LogP contribution in [0.5, 0.6) is 0 Å². The van der Waals surface area contributed by atoms with Crippen LogP contribution < -0.4 is 11.1 Å². The van der Waals surface area contributed by atoms with Crippen molar-refractivity contribution in [2.24, 2.45) is 0 Å². The van der Waals surface area contributed by atoms with Crippen LogP contribution >= 0.6 is 27.5 Å². The van der Waals surface area contributed by atoms with Crippen LogP contribution in [-0.4, -0.2) is 15.0 Å². The number of nitrogens with zero attached hydrogens (tertiary/aromatic N) is 1. The SMILES string of the molecule is O=c1[nH]c2ncc(Cl)c(Br)c2[nH]c1=O. The molecular formula is C7H3BrClN3O2. The third-order valence-electron chi connectivity index (χ3n) is 1.65. The molecule has 0 saturated carbocycles. The van der Waals surface area contributed by atoms with Gasteiger partial charge in [0.25, 0.3) is 0 Å². The van der Waals surface area contributed by atoms with Crippen molar-refractivity contribution >= 4 is 38.7 Å². The minimum Gasteiger partial charge on any atom is -0.314 e. The maximum Gasteiger partial charge on any atom is 0.315 e. The van der Waals surface area contributed by atoms with Gasteiger partial charge in [-0.1, -0.05) is 11.6 Å². The number of hydrogen-bond donors (Lipinski definition) is 2. The second-order valence-corrected chi connectivity index (χ2v) is 3.75. The van der Waals surface area contributed by atoms with Crippen LogP contribution in [-0.2, 0) is 0 Å². The van der Waals surface area contributed by atoms with Gasteiger partial charge >= 0.3 is 11.1 Å². The first kappa shape index (κ1) is 9.42. The van der Waals surface area contributed by atoms with E-state index in [2.05, 4.69) is 30.9 Å². The molecule has 0 aliphatic carbocycles. The Balaban J connectivity index is 3.04. The summed E-state index contributed by atoms with van der Waals surface area (Å²) in [5.74, 6) is 0. The second-order valence-electron chi connectivity index (χ2n) is 2.55. The van der Waals surface area contributed by atoms with Crippen molar-refractivity contribution in [3.05, 3.63) is 36.4 Å². The first-order valence-electron chi connectivity index (χ1n) is 3.56. The molecule has 0 atom stereocenters. The molecule has 0 aliphatic heterocycles. The largest absolute Gasteiger partial charge is 0.315 e. The molecule has 0 unspecified atom stereocenters. The van der Waals surface area contributed by atoms with Crippen molar-refractivity contribution in [3.8, 4) is 0 Å². The summed E-state index contributed by atoms with van der Waals surface area (Å²) >= 11 is 8.93. The van der Waals surface area contributed by atoms with Crippen molar-refractivity contribution in [2.45, 2.75) is 0 Å². The molecule has 0 spiro atoms. The van der Waals surface area contributed by atoms with Gasteiger partial charge in [0.05, 0.1) is 9.50 Å². The van der Waals surface area contributed by atoms with Crippen LogP contribution in [0.4, 0.5) is 0 Å². The molecule has 2 rings (SSSR count). The molecule has 0 bridgehead atoms. The molecule has 2 N–H and O–H groups in total. The van der Waals surface area contributed by atoms with Crippen molar-refractivity contribution in [2.75, 3.05) is 0 Å². The number of rotatable bonds is 0. The lowest BCUT2D eigenvalue weighted by Crippen LogP contribution is -2.29. The standard InChI is InChI=1S/C7H3BrClN3O2/c8-3-2(9)1-10-5-4(3)11-6(13)7(14)12-5/h1H,(H,11,13)(H,10,12,14). The summed E-state index contributed by atoms with van der Waals surface area (Å²) in [6.45, 7) is 0. The molecule has 2 aromatic heterocycles. The Kier molecular flexibility index (Phi) is 2.16. The highest BCUT2D eigenvalue weighted by Crippen LogP contribution is 2.25. The Bertz CT molecular complexity index is 618. The number of aromatic amines is 2. The molecule has 7 heteroatoms. The monoisotopic (exact) mass is 275 g/mol. The molecule has 0 saturated heterocycles. The number of hydrogen-bond acceptors (Lipinski definition) is 3. The topological polar surface area (TPSA) is 78.6 Å². The summed E-state index contributed by atoms with van der Waals surface area (Å²) in [5, 5.41) is 0.361. The molecule has 0 aliphatic rings. The van der Waals surface area contributed by atoms with Crippen molar-refractivity contribution in [3.63, 3.8) is 0 Å². The Hall–Kier alpha value is -1.14. The van der Waals surface area contributed by atoms with E-state index in [0.717, 1.165) is 0 Å². The summed E-state index contributed by atoms with van der Waals surface area (Å²) in [6.07, 6.45) is 1.38. The van der Waals surface area contributed by atoms with Gasteiger partial charge in [-0.05, 0) is 15.9 Å². The van der Waals surface area contributed by atoms with Crippen LogP contribution in [0.25, 0.3) is 11.2 Å². The summed E-state index contributed by atoms with van der Waals surface area (Å²) in [4.78, 5) is 30.5. The van der Waals surface area contributed by atoms with Gasteiger partial charge in [-0.2, -0.15) is 0 Å². The fourth-order valence-electron chi connectivity index (χ4n) is 1.01. The van der Waals surface area contributed by atoms with Gasteiger partial charge in [0.2, 0.25) is 0 Å². The van der Waals surface area contributed by atoms with E-state index in [0.29, 0.717) is 15.0 Å². The van der Waals surface area contributed by atoms with Crippen molar-refractivity contribution in [1.29, 1.82) is 0 Å². The molecule has 72 valence electrons. The van der Waals surface area contributed by atoms with Crippen LogP contribution in [0.2, 0.25) is 5.02 Å². The summed E-state index contributed by atoms with van der Waals surface area (Å²) < 4.78 is 0.498. The van der Waals surface area contributed by atoms with Gasteiger partial charge < -0.3 is 9.97 Å². The molecule has 0 fully saturated rings. The van der Waals surface area contributed by atoms with Gasteiger partial charge in [-0.3, -0.25) is 9.59 Å². The molecular weight excluding hydrogens is 273 g/mol. The van der Waals surface area contributed by atoms with Gasteiger partial charge in [0, 0.05) is 6.20 Å². The van der Waals surface area contributed by atoms with Crippen LogP contribution in [0.1, 0.15) is 0 Å². The van der Waals surface area contributed by atoms with Crippen LogP contribution in [0.15, 0.2) is 20.3 Å². The number of nitrogens with one attached hydrogen (secondary N) is 2. The fraction of sp³-hybridized carbons (Fsp3) is 0. The molecule has 14 heavy (non-hydrogen) atoms. The van der Waals surface area contributed by atoms with E-state index in [1.807, 2.05) is 0 Å². The summed E-state index contributed by atoms with van der Waals surface area (Å²) in [6, 6.07) is 0. The Morgan fingerprint density at radius 3 is 2.64 bits per heavy atom. The molecule has 0 aromatic carbocycles. The highest BCUT2D eigenvalue weighted by atomic mass is 79.9. The Labute approximate surface area is 90.3 Å².